The second-order valence-electron chi connectivity index (χ2n) is 8.60. The van der Waals surface area contributed by atoms with E-state index in [4.69, 9.17) is 4.98 Å². The van der Waals surface area contributed by atoms with Crippen LogP contribution >= 0.6 is 0 Å². The molecule has 2 aromatic carbocycles. The van der Waals surface area contributed by atoms with E-state index >= 15 is 0 Å². The molecular weight excluding hydrogens is 468 g/mol. The van der Waals surface area contributed by atoms with Crippen LogP contribution in [0.3, 0.4) is 0 Å². The molecule has 0 saturated heterocycles. The third-order valence-electron chi connectivity index (χ3n) is 5.79. The van der Waals surface area contributed by atoms with Crippen molar-refractivity contribution >= 4 is 29.4 Å². The second-order valence-corrected chi connectivity index (χ2v) is 8.60. The van der Waals surface area contributed by atoms with Crippen LogP contribution < -0.4 is 20.9 Å². The lowest BCUT2D eigenvalue weighted by atomic mass is 9.98. The van der Waals surface area contributed by atoms with Gasteiger partial charge in [0.05, 0.1) is 12.2 Å². The van der Waals surface area contributed by atoms with Crippen LogP contribution in [0.1, 0.15) is 21.5 Å². The first kappa shape index (κ1) is 25.0. The molecule has 0 radical (unpaired) electrons. The molecular formula is C25H27F2N7O2. The molecule has 0 fully saturated rings. The smallest absolute Gasteiger partial charge is 0.328 e. The predicted octanol–water partition coefficient (Wildman–Crippen LogP) is 3.42. The van der Waals surface area contributed by atoms with Crippen LogP contribution in [0.4, 0.5) is 31.0 Å². The summed E-state index contributed by atoms with van der Waals surface area (Å²) in [5.41, 5.74) is 2.39. The first-order valence-corrected chi connectivity index (χ1v) is 11.4. The van der Waals surface area contributed by atoms with E-state index < -0.39 is 23.4 Å². The summed E-state index contributed by atoms with van der Waals surface area (Å²) in [6, 6.07) is 7.86. The minimum absolute atomic E-state index is 0.0602. The fourth-order valence-electron chi connectivity index (χ4n) is 3.98. The van der Waals surface area contributed by atoms with Crippen molar-refractivity contribution in [3.8, 4) is 11.3 Å². The Labute approximate surface area is 207 Å². The van der Waals surface area contributed by atoms with Crippen LogP contribution in [-0.2, 0) is 6.54 Å². The van der Waals surface area contributed by atoms with Gasteiger partial charge < -0.3 is 20.9 Å². The lowest BCUT2D eigenvalue weighted by Crippen LogP contribution is -2.43. The van der Waals surface area contributed by atoms with Gasteiger partial charge in [0.2, 0.25) is 5.95 Å². The summed E-state index contributed by atoms with van der Waals surface area (Å²) in [5.74, 6) is -1.74. The van der Waals surface area contributed by atoms with Gasteiger partial charge in [-0.1, -0.05) is 12.1 Å². The average Bonchev–Trinajstić information content (AvgIpc) is 2.84. The zero-order chi connectivity index (χ0) is 26.0. The summed E-state index contributed by atoms with van der Waals surface area (Å²) in [4.78, 5) is 37.1. The largest absolute Gasteiger partial charge is 0.355 e. The van der Waals surface area contributed by atoms with Crippen LogP contribution in [-0.4, -0.2) is 61.0 Å². The minimum Gasteiger partial charge on any atom is -0.355 e. The highest BCUT2D eigenvalue weighted by Gasteiger charge is 2.34. The van der Waals surface area contributed by atoms with Crippen molar-refractivity contribution in [1.82, 2.24) is 25.5 Å². The Bertz CT molecular complexity index is 1310. The molecule has 0 spiro atoms. The highest BCUT2D eigenvalue weighted by atomic mass is 19.1. The van der Waals surface area contributed by atoms with Crippen LogP contribution in [0.5, 0.6) is 0 Å². The van der Waals surface area contributed by atoms with Crippen molar-refractivity contribution in [3.05, 3.63) is 64.7 Å². The minimum atomic E-state index is -0.897. The average molecular weight is 496 g/mol. The summed E-state index contributed by atoms with van der Waals surface area (Å²) in [6.07, 6.45) is 0. The van der Waals surface area contributed by atoms with Gasteiger partial charge in [0.1, 0.15) is 17.3 Å². The monoisotopic (exact) mass is 495 g/mol. The number of amides is 3. The van der Waals surface area contributed by atoms with E-state index in [1.807, 2.05) is 25.9 Å². The second kappa shape index (κ2) is 10.2. The van der Waals surface area contributed by atoms with Crippen LogP contribution in [0.25, 0.3) is 11.3 Å². The summed E-state index contributed by atoms with van der Waals surface area (Å²) in [6.45, 7) is 3.08. The third kappa shape index (κ3) is 4.82. The summed E-state index contributed by atoms with van der Waals surface area (Å²) in [5, 5.41) is 8.40. The summed E-state index contributed by atoms with van der Waals surface area (Å²) in [7, 11) is 5.40. The summed E-state index contributed by atoms with van der Waals surface area (Å²) < 4.78 is 29.5. The van der Waals surface area contributed by atoms with Crippen LogP contribution in [0, 0.1) is 18.6 Å². The zero-order valence-electron chi connectivity index (χ0n) is 20.4. The number of nitrogens with one attached hydrogen (secondary N) is 3. The maximum atomic E-state index is 14.8. The number of urea groups is 1. The van der Waals surface area contributed by atoms with E-state index in [9.17, 15) is 18.4 Å². The van der Waals surface area contributed by atoms with E-state index in [0.717, 1.165) is 22.6 Å². The lowest BCUT2D eigenvalue weighted by molar-refractivity contribution is 0.0963. The molecule has 36 heavy (non-hydrogen) atoms. The van der Waals surface area contributed by atoms with Crippen molar-refractivity contribution in [1.29, 1.82) is 0 Å². The fourth-order valence-corrected chi connectivity index (χ4v) is 3.98. The van der Waals surface area contributed by atoms with Crippen molar-refractivity contribution in [2.24, 2.45) is 0 Å². The summed E-state index contributed by atoms with van der Waals surface area (Å²) >= 11 is 0. The molecule has 11 heteroatoms. The molecule has 1 aliphatic heterocycles. The molecule has 1 aromatic heterocycles. The van der Waals surface area contributed by atoms with Gasteiger partial charge in [0.15, 0.2) is 5.82 Å². The number of benzene rings is 2. The Balaban J connectivity index is 1.91. The van der Waals surface area contributed by atoms with Crippen molar-refractivity contribution in [3.63, 3.8) is 0 Å². The zero-order valence-corrected chi connectivity index (χ0v) is 20.4. The van der Waals surface area contributed by atoms with Crippen LogP contribution in [0.15, 0.2) is 36.4 Å². The van der Waals surface area contributed by atoms with Gasteiger partial charge in [-0.2, -0.15) is 4.98 Å². The number of carbonyl (C=O) groups is 2. The number of aromatic nitrogens is 2. The quantitative estimate of drug-likeness (QED) is 0.464. The molecule has 188 valence electrons. The van der Waals surface area contributed by atoms with E-state index in [1.54, 1.807) is 25.2 Å². The third-order valence-corrected chi connectivity index (χ3v) is 5.79. The number of anilines is 3. The van der Waals surface area contributed by atoms with E-state index in [2.05, 4.69) is 20.9 Å². The van der Waals surface area contributed by atoms with Gasteiger partial charge in [0.25, 0.3) is 5.91 Å². The number of rotatable bonds is 7. The topological polar surface area (TPSA) is 102 Å². The molecule has 0 unspecified atom stereocenters. The van der Waals surface area contributed by atoms with Gasteiger partial charge in [-0.3, -0.25) is 4.79 Å². The van der Waals surface area contributed by atoms with E-state index in [0.29, 0.717) is 35.5 Å². The lowest BCUT2D eigenvalue weighted by Gasteiger charge is -2.31. The maximum Gasteiger partial charge on any atom is 0.328 e. The molecule has 9 nitrogen and oxygen atoms in total. The number of halogens is 2. The number of nitrogens with zero attached hydrogens (tertiary/aromatic N) is 4. The molecule has 1 aliphatic rings. The van der Waals surface area contributed by atoms with Crippen molar-refractivity contribution < 1.29 is 18.4 Å². The number of likely N-dealkylation sites (N-methyl/N-ethyl adjacent to an activating group) is 1. The molecule has 0 saturated carbocycles. The number of hydrogen-bond acceptors (Lipinski definition) is 6. The molecule has 0 aliphatic carbocycles. The Morgan fingerprint density at radius 2 is 1.89 bits per heavy atom. The molecule has 3 amide bonds. The van der Waals surface area contributed by atoms with Gasteiger partial charge >= 0.3 is 6.03 Å². The highest BCUT2D eigenvalue weighted by Crippen LogP contribution is 2.39. The van der Waals surface area contributed by atoms with Crippen molar-refractivity contribution in [2.45, 2.75) is 13.5 Å². The normalized spacial score (nSPS) is 12.9. The molecule has 0 atom stereocenters. The van der Waals surface area contributed by atoms with E-state index in [-0.39, 0.29) is 24.2 Å². The Hall–Kier alpha value is -4.12. The highest BCUT2D eigenvalue weighted by molar-refractivity contribution is 6.02. The number of fused-ring (bicyclic) bond motifs is 1. The van der Waals surface area contributed by atoms with Gasteiger partial charge in [-0.15, -0.1) is 0 Å². The maximum absolute atomic E-state index is 14.8. The molecule has 2 heterocycles. The Morgan fingerprint density at radius 3 is 2.53 bits per heavy atom. The molecule has 0 bridgehead atoms. The van der Waals surface area contributed by atoms with Gasteiger partial charge in [-0.05, 0) is 50.8 Å². The van der Waals surface area contributed by atoms with E-state index in [1.165, 1.54) is 6.07 Å². The first-order chi connectivity index (χ1) is 17.2. The first-order valence-electron chi connectivity index (χ1n) is 11.4. The number of aryl methyl sites for hydroxylation is 1. The Kier molecular flexibility index (Phi) is 7.11. The molecule has 3 aromatic rings. The predicted molar refractivity (Wildman–Crippen MR) is 133 cm³/mol. The van der Waals surface area contributed by atoms with Crippen molar-refractivity contribution in [2.75, 3.05) is 44.4 Å². The fraction of sp³-hybridized carbons (Fsp3) is 0.280. The van der Waals surface area contributed by atoms with Gasteiger partial charge in [0, 0.05) is 36.8 Å². The van der Waals surface area contributed by atoms with Crippen LogP contribution in [0.2, 0.25) is 0 Å². The molecule has 3 N–H and O–H groups in total. The van der Waals surface area contributed by atoms with Gasteiger partial charge in [-0.25, -0.2) is 23.5 Å². The Morgan fingerprint density at radius 1 is 1.17 bits per heavy atom. The number of carbonyl (C=O) groups excluding carboxylic acids is 2. The number of para-hydroxylation sites is 1. The SMILES string of the molecule is CNC(=O)c1ccc(-c2nc(NCCN(C)C)nc3c2CNC(=O)N3c2c(F)cccc2F)c(C)c1. The standard InChI is InChI=1S/C25H27F2N7O2/c1-14-12-15(23(35)28-2)8-9-16(14)20-17-13-30-25(36)34(21-18(26)6-5-7-19(21)27)22(17)32-24(31-20)29-10-11-33(3)4/h5-9,12H,10-11,13H2,1-4H3,(H,28,35)(H,30,36)(H,29,31,32). The number of hydrogen-bond donors (Lipinski definition) is 3. The molecule has 4 rings (SSSR count).